The largest absolute Gasteiger partial charge is 0.379 e. The summed E-state index contributed by atoms with van der Waals surface area (Å²) in [5.74, 6) is -0.156. The highest BCUT2D eigenvalue weighted by atomic mass is 32.1. The number of anilines is 1. The van der Waals surface area contributed by atoms with E-state index in [0.29, 0.717) is 10.1 Å². The van der Waals surface area contributed by atoms with Crippen LogP contribution in [0.2, 0.25) is 0 Å². The third kappa shape index (κ3) is 3.63. The fraction of sp³-hybridized carbons (Fsp3) is 0.750. The Kier molecular flexibility index (Phi) is 5.09. The molecule has 2 atom stereocenters. The van der Waals surface area contributed by atoms with Gasteiger partial charge in [0.05, 0.1) is 12.1 Å². The van der Waals surface area contributed by atoms with Crippen molar-refractivity contribution in [3.8, 4) is 0 Å². The van der Waals surface area contributed by atoms with Crippen molar-refractivity contribution in [3.05, 3.63) is 5.01 Å². The maximum absolute atomic E-state index is 12.1. The molecule has 2 rings (SSSR count). The SMILES string of the molecule is CCCNc1nnc(C(=O)NC2CCCC2OC)s1. The quantitative estimate of drug-likeness (QED) is 0.831. The van der Waals surface area contributed by atoms with Gasteiger partial charge in [0.25, 0.3) is 5.91 Å². The van der Waals surface area contributed by atoms with Crippen molar-refractivity contribution in [2.24, 2.45) is 0 Å². The van der Waals surface area contributed by atoms with Crippen molar-refractivity contribution in [1.29, 1.82) is 0 Å². The van der Waals surface area contributed by atoms with Gasteiger partial charge in [-0.2, -0.15) is 0 Å². The standard InChI is InChI=1S/C12H20N4O2S/c1-3-7-13-12-16-15-11(19-12)10(17)14-8-5-4-6-9(8)18-2/h8-9H,3-7H2,1-2H3,(H,13,16)(H,14,17). The summed E-state index contributed by atoms with van der Waals surface area (Å²) in [6, 6.07) is 0.0912. The van der Waals surface area contributed by atoms with Crippen molar-refractivity contribution >= 4 is 22.4 Å². The number of ether oxygens (including phenoxy) is 1. The van der Waals surface area contributed by atoms with Crippen molar-refractivity contribution in [1.82, 2.24) is 15.5 Å². The minimum absolute atomic E-state index is 0.0912. The van der Waals surface area contributed by atoms with E-state index in [-0.39, 0.29) is 18.1 Å². The molecule has 1 fully saturated rings. The van der Waals surface area contributed by atoms with Crippen LogP contribution in [0.25, 0.3) is 0 Å². The summed E-state index contributed by atoms with van der Waals surface area (Å²) in [6.07, 6.45) is 4.18. The first-order valence-electron chi connectivity index (χ1n) is 6.65. The van der Waals surface area contributed by atoms with Crippen LogP contribution in [0.4, 0.5) is 5.13 Å². The van der Waals surface area contributed by atoms with Crippen LogP contribution < -0.4 is 10.6 Å². The molecule has 1 aromatic rings. The van der Waals surface area contributed by atoms with Gasteiger partial charge in [-0.15, -0.1) is 10.2 Å². The molecular formula is C12H20N4O2S. The van der Waals surface area contributed by atoms with Crippen LogP contribution in [0.15, 0.2) is 0 Å². The van der Waals surface area contributed by atoms with Gasteiger partial charge in [-0.1, -0.05) is 18.3 Å². The highest BCUT2D eigenvalue weighted by Crippen LogP contribution is 2.22. The lowest BCUT2D eigenvalue weighted by molar-refractivity contribution is 0.0721. The van der Waals surface area contributed by atoms with Crippen LogP contribution in [0, 0.1) is 0 Å². The zero-order chi connectivity index (χ0) is 13.7. The van der Waals surface area contributed by atoms with Gasteiger partial charge in [-0.3, -0.25) is 4.79 Å². The number of rotatable bonds is 6. The van der Waals surface area contributed by atoms with Crippen molar-refractivity contribution in [2.45, 2.75) is 44.8 Å². The first-order chi connectivity index (χ1) is 9.24. The average Bonchev–Trinajstić information content (AvgIpc) is 3.04. The van der Waals surface area contributed by atoms with Crippen molar-refractivity contribution < 1.29 is 9.53 Å². The Balaban J connectivity index is 1.90. The van der Waals surface area contributed by atoms with E-state index < -0.39 is 0 Å². The number of amides is 1. The molecule has 0 bridgehead atoms. The summed E-state index contributed by atoms with van der Waals surface area (Å²) in [5.41, 5.74) is 0. The predicted octanol–water partition coefficient (Wildman–Crippen LogP) is 1.66. The van der Waals surface area contributed by atoms with Crippen LogP contribution in [-0.2, 0) is 4.74 Å². The molecule has 2 unspecified atom stereocenters. The second-order valence-corrected chi connectivity index (χ2v) is 5.60. The van der Waals surface area contributed by atoms with Crippen LogP contribution in [0.1, 0.15) is 42.4 Å². The molecule has 1 aliphatic carbocycles. The number of carbonyl (C=O) groups excluding carboxylic acids is 1. The minimum atomic E-state index is -0.156. The summed E-state index contributed by atoms with van der Waals surface area (Å²) in [5, 5.41) is 15.1. The van der Waals surface area contributed by atoms with Crippen LogP contribution >= 0.6 is 11.3 Å². The molecule has 6 nitrogen and oxygen atoms in total. The second-order valence-electron chi connectivity index (χ2n) is 4.62. The molecule has 0 radical (unpaired) electrons. The molecule has 7 heteroatoms. The maximum Gasteiger partial charge on any atom is 0.282 e. The lowest BCUT2D eigenvalue weighted by Gasteiger charge is -2.18. The number of hydrogen-bond acceptors (Lipinski definition) is 6. The molecule has 1 aliphatic rings. The number of carbonyl (C=O) groups is 1. The van der Waals surface area contributed by atoms with E-state index in [1.54, 1.807) is 7.11 Å². The van der Waals surface area contributed by atoms with Crippen LogP contribution in [0.5, 0.6) is 0 Å². The minimum Gasteiger partial charge on any atom is -0.379 e. The third-order valence-electron chi connectivity index (χ3n) is 3.22. The molecule has 106 valence electrons. The van der Waals surface area contributed by atoms with E-state index >= 15 is 0 Å². The van der Waals surface area contributed by atoms with Gasteiger partial charge >= 0.3 is 0 Å². The van der Waals surface area contributed by atoms with Crippen molar-refractivity contribution in [2.75, 3.05) is 19.0 Å². The fourth-order valence-corrected chi connectivity index (χ4v) is 2.89. The number of hydrogen-bond donors (Lipinski definition) is 2. The molecule has 19 heavy (non-hydrogen) atoms. The third-order valence-corrected chi connectivity index (χ3v) is 4.10. The normalized spacial score (nSPS) is 22.4. The number of nitrogens with zero attached hydrogens (tertiary/aromatic N) is 2. The number of methoxy groups -OCH3 is 1. The van der Waals surface area contributed by atoms with Crippen LogP contribution in [0.3, 0.4) is 0 Å². The highest BCUT2D eigenvalue weighted by Gasteiger charge is 2.29. The molecule has 1 heterocycles. The molecule has 0 aliphatic heterocycles. The smallest absolute Gasteiger partial charge is 0.282 e. The van der Waals surface area contributed by atoms with E-state index in [1.165, 1.54) is 11.3 Å². The molecule has 0 spiro atoms. The van der Waals surface area contributed by atoms with E-state index in [4.69, 9.17) is 4.74 Å². The zero-order valence-corrected chi connectivity index (χ0v) is 12.1. The summed E-state index contributed by atoms with van der Waals surface area (Å²) in [7, 11) is 1.69. The number of aromatic nitrogens is 2. The van der Waals surface area contributed by atoms with Gasteiger partial charge in [-0.25, -0.2) is 0 Å². The molecule has 1 saturated carbocycles. The summed E-state index contributed by atoms with van der Waals surface area (Å²) < 4.78 is 5.36. The van der Waals surface area contributed by atoms with E-state index in [2.05, 4.69) is 27.8 Å². The lowest BCUT2D eigenvalue weighted by atomic mass is 10.2. The van der Waals surface area contributed by atoms with Crippen LogP contribution in [-0.4, -0.2) is 41.9 Å². The Bertz CT molecular complexity index is 424. The van der Waals surface area contributed by atoms with Gasteiger partial charge in [0, 0.05) is 13.7 Å². The first kappa shape index (κ1) is 14.2. The van der Waals surface area contributed by atoms with Gasteiger partial charge in [0.15, 0.2) is 0 Å². The summed E-state index contributed by atoms with van der Waals surface area (Å²) in [4.78, 5) is 12.1. The topological polar surface area (TPSA) is 76.1 Å². The Labute approximate surface area is 116 Å². The summed E-state index contributed by atoms with van der Waals surface area (Å²) in [6.45, 7) is 2.91. The second kappa shape index (κ2) is 6.81. The monoisotopic (exact) mass is 284 g/mol. The number of nitrogens with one attached hydrogen (secondary N) is 2. The van der Waals surface area contributed by atoms with E-state index in [1.807, 2.05) is 0 Å². The average molecular weight is 284 g/mol. The Morgan fingerprint density at radius 3 is 3.05 bits per heavy atom. The first-order valence-corrected chi connectivity index (χ1v) is 7.47. The molecule has 2 N–H and O–H groups in total. The van der Waals surface area contributed by atoms with Gasteiger partial charge in [-0.05, 0) is 25.7 Å². The lowest BCUT2D eigenvalue weighted by Crippen LogP contribution is -2.40. The molecular weight excluding hydrogens is 264 g/mol. The van der Waals surface area contributed by atoms with Crippen molar-refractivity contribution in [3.63, 3.8) is 0 Å². The van der Waals surface area contributed by atoms with Gasteiger partial charge in [0.2, 0.25) is 10.1 Å². The predicted molar refractivity (Wildman–Crippen MR) is 74.6 cm³/mol. The summed E-state index contributed by atoms with van der Waals surface area (Å²) >= 11 is 1.29. The Hall–Kier alpha value is -1.21. The van der Waals surface area contributed by atoms with E-state index in [0.717, 1.165) is 32.2 Å². The fourth-order valence-electron chi connectivity index (χ4n) is 2.22. The Morgan fingerprint density at radius 2 is 2.32 bits per heavy atom. The zero-order valence-electron chi connectivity index (χ0n) is 11.3. The van der Waals surface area contributed by atoms with Gasteiger partial charge < -0.3 is 15.4 Å². The molecule has 1 aromatic heterocycles. The molecule has 0 saturated heterocycles. The molecule has 1 amide bonds. The maximum atomic E-state index is 12.1. The highest BCUT2D eigenvalue weighted by molar-refractivity contribution is 7.17. The van der Waals surface area contributed by atoms with E-state index in [9.17, 15) is 4.79 Å². The van der Waals surface area contributed by atoms with Gasteiger partial charge in [0.1, 0.15) is 0 Å². The molecule has 0 aromatic carbocycles. The Morgan fingerprint density at radius 1 is 1.47 bits per heavy atom.